The number of nitrogens with zero attached hydrogens (tertiary/aromatic N) is 5. The first-order valence-electron chi connectivity index (χ1n) is 12.6. The Kier molecular flexibility index (Phi) is 7.56. The molecule has 13 heteroatoms. The van der Waals surface area contributed by atoms with Crippen molar-refractivity contribution in [1.82, 2.24) is 30.2 Å². The van der Waals surface area contributed by atoms with Gasteiger partial charge in [0.2, 0.25) is 0 Å². The van der Waals surface area contributed by atoms with E-state index in [1.54, 1.807) is 17.1 Å². The second-order valence-corrected chi connectivity index (χ2v) is 9.19. The van der Waals surface area contributed by atoms with E-state index in [-0.39, 0.29) is 46.7 Å². The summed E-state index contributed by atoms with van der Waals surface area (Å²) in [5.74, 6) is -1.09. The summed E-state index contributed by atoms with van der Waals surface area (Å²) < 4.78 is 42.1. The van der Waals surface area contributed by atoms with E-state index in [4.69, 9.17) is 19.8 Å². The van der Waals surface area contributed by atoms with Crippen molar-refractivity contribution in [3.8, 4) is 23.0 Å². The van der Waals surface area contributed by atoms with Gasteiger partial charge in [-0.3, -0.25) is 19.7 Å². The van der Waals surface area contributed by atoms with Crippen LogP contribution in [0.3, 0.4) is 0 Å². The molecular formula is C27H27F2N7O4. The molecule has 0 unspecified atom stereocenters. The highest BCUT2D eigenvalue weighted by Gasteiger charge is 2.32. The first-order chi connectivity index (χ1) is 19.3. The molecule has 0 aliphatic heterocycles. The Labute approximate surface area is 228 Å². The normalized spacial score (nSPS) is 12.8. The highest BCUT2D eigenvalue weighted by atomic mass is 19.1. The van der Waals surface area contributed by atoms with Gasteiger partial charge in [-0.25, -0.2) is 24.2 Å². The summed E-state index contributed by atoms with van der Waals surface area (Å²) in [6.45, 7) is 3.80. The molecule has 1 saturated carbocycles. The second-order valence-electron chi connectivity index (χ2n) is 9.19. The lowest BCUT2D eigenvalue weighted by atomic mass is 10.1. The molecule has 0 saturated heterocycles. The molecule has 1 aromatic carbocycles. The zero-order chi connectivity index (χ0) is 28.4. The highest BCUT2D eigenvalue weighted by molar-refractivity contribution is 5.99. The minimum absolute atomic E-state index is 0.0723. The predicted molar refractivity (Wildman–Crippen MR) is 140 cm³/mol. The van der Waals surface area contributed by atoms with Crippen LogP contribution >= 0.6 is 0 Å². The molecule has 0 radical (unpaired) electrons. The minimum atomic E-state index is -0.763. The Hall–Kier alpha value is -4.65. The fourth-order valence-electron chi connectivity index (χ4n) is 4.50. The summed E-state index contributed by atoms with van der Waals surface area (Å²) >= 11 is 0. The van der Waals surface area contributed by atoms with Gasteiger partial charge in [-0.1, -0.05) is 0 Å². The third-order valence-electron chi connectivity index (χ3n) is 6.54. The van der Waals surface area contributed by atoms with Gasteiger partial charge in [0, 0.05) is 47.3 Å². The molecule has 1 aliphatic rings. The van der Waals surface area contributed by atoms with Crippen molar-refractivity contribution in [1.29, 1.82) is 0 Å². The van der Waals surface area contributed by atoms with Crippen LogP contribution in [0.1, 0.15) is 52.9 Å². The van der Waals surface area contributed by atoms with Gasteiger partial charge in [0.25, 0.3) is 5.91 Å². The number of hydroxylamine groups is 1. The SMILES string of the molecule is CCOc1cc(F)c(Cn2nc(-c3ncc(OC)c(Nc4ccncc4C(=O)NO)n3)c(C)c2C2CC2)c(F)c1. The van der Waals surface area contributed by atoms with Crippen molar-refractivity contribution in [2.24, 2.45) is 0 Å². The Morgan fingerprint density at radius 2 is 1.98 bits per heavy atom. The molecule has 3 aromatic heterocycles. The summed E-state index contributed by atoms with van der Waals surface area (Å²) in [4.78, 5) is 25.0. The minimum Gasteiger partial charge on any atom is -0.494 e. The molecule has 11 nitrogen and oxygen atoms in total. The van der Waals surface area contributed by atoms with Gasteiger partial charge in [0.1, 0.15) is 23.1 Å². The maximum atomic E-state index is 14.9. The van der Waals surface area contributed by atoms with Gasteiger partial charge < -0.3 is 14.8 Å². The number of hydrogen-bond donors (Lipinski definition) is 3. The number of amides is 1. The van der Waals surface area contributed by atoms with Crippen molar-refractivity contribution >= 4 is 17.4 Å². The summed E-state index contributed by atoms with van der Waals surface area (Å²) in [5.41, 5.74) is 3.97. The molecule has 0 spiro atoms. The molecule has 3 N–H and O–H groups in total. The van der Waals surface area contributed by atoms with E-state index in [0.29, 0.717) is 18.0 Å². The number of rotatable bonds is 10. The number of ether oxygens (including phenoxy) is 2. The summed E-state index contributed by atoms with van der Waals surface area (Å²) in [7, 11) is 1.45. The maximum Gasteiger partial charge on any atom is 0.278 e. The van der Waals surface area contributed by atoms with Gasteiger partial charge in [-0.15, -0.1) is 0 Å². The van der Waals surface area contributed by atoms with E-state index < -0.39 is 17.5 Å². The molecule has 1 amide bonds. The summed E-state index contributed by atoms with van der Waals surface area (Å²) in [5, 5.41) is 16.8. The fourth-order valence-corrected chi connectivity index (χ4v) is 4.50. The van der Waals surface area contributed by atoms with E-state index >= 15 is 0 Å². The first kappa shape index (κ1) is 26.9. The third kappa shape index (κ3) is 5.27. The van der Waals surface area contributed by atoms with Crippen molar-refractivity contribution in [2.45, 2.75) is 39.2 Å². The third-order valence-corrected chi connectivity index (χ3v) is 6.54. The molecule has 40 heavy (non-hydrogen) atoms. The fraction of sp³-hybridized carbons (Fsp3) is 0.296. The van der Waals surface area contributed by atoms with Gasteiger partial charge in [-0.05, 0) is 32.8 Å². The Balaban J connectivity index is 1.53. The van der Waals surface area contributed by atoms with Crippen molar-refractivity contribution < 1.29 is 28.3 Å². The molecule has 1 aliphatic carbocycles. The topological polar surface area (TPSA) is 136 Å². The maximum absolute atomic E-state index is 14.9. The molecule has 0 atom stereocenters. The zero-order valence-electron chi connectivity index (χ0n) is 22.0. The van der Waals surface area contributed by atoms with Crippen LogP contribution in [0.2, 0.25) is 0 Å². The lowest BCUT2D eigenvalue weighted by Gasteiger charge is -2.13. The average Bonchev–Trinajstić information content (AvgIpc) is 3.73. The number of pyridine rings is 1. The quantitative estimate of drug-likeness (QED) is 0.192. The van der Waals surface area contributed by atoms with Gasteiger partial charge in [-0.2, -0.15) is 5.10 Å². The zero-order valence-corrected chi connectivity index (χ0v) is 22.0. The van der Waals surface area contributed by atoms with E-state index in [9.17, 15) is 13.6 Å². The number of anilines is 2. The molecule has 0 bridgehead atoms. The molecule has 208 valence electrons. The number of hydrogen-bond acceptors (Lipinski definition) is 9. The number of nitrogens with one attached hydrogen (secondary N) is 2. The van der Waals surface area contributed by atoms with Gasteiger partial charge in [0.15, 0.2) is 17.4 Å². The lowest BCUT2D eigenvalue weighted by molar-refractivity contribution is 0.0707. The number of methoxy groups -OCH3 is 1. The van der Waals surface area contributed by atoms with Crippen LogP contribution in [0.5, 0.6) is 11.5 Å². The Morgan fingerprint density at radius 1 is 1.23 bits per heavy atom. The van der Waals surface area contributed by atoms with Crippen molar-refractivity contribution in [3.05, 3.63) is 70.8 Å². The Bertz CT molecular complexity index is 1550. The van der Waals surface area contributed by atoms with Crippen LogP contribution in [0.25, 0.3) is 11.5 Å². The van der Waals surface area contributed by atoms with Crippen molar-refractivity contribution in [2.75, 3.05) is 19.0 Å². The second kappa shape index (κ2) is 11.2. The Morgan fingerprint density at radius 3 is 2.62 bits per heavy atom. The monoisotopic (exact) mass is 551 g/mol. The van der Waals surface area contributed by atoms with E-state index in [1.807, 2.05) is 6.92 Å². The van der Waals surface area contributed by atoms with E-state index in [1.165, 1.54) is 43.9 Å². The largest absolute Gasteiger partial charge is 0.494 e. The number of carbonyl (C=O) groups excluding carboxylic acids is 1. The predicted octanol–water partition coefficient (Wildman–Crippen LogP) is 4.52. The highest BCUT2D eigenvalue weighted by Crippen LogP contribution is 2.44. The van der Waals surface area contributed by atoms with Crippen LogP contribution in [-0.2, 0) is 6.54 Å². The summed E-state index contributed by atoms with van der Waals surface area (Å²) in [6.07, 6.45) is 6.09. The molecule has 5 rings (SSSR count). The number of halogens is 2. The average molecular weight is 552 g/mol. The van der Waals surface area contributed by atoms with Crippen LogP contribution in [0, 0.1) is 18.6 Å². The molecular weight excluding hydrogens is 524 g/mol. The molecule has 4 aromatic rings. The van der Waals surface area contributed by atoms with Gasteiger partial charge >= 0.3 is 0 Å². The molecule has 3 heterocycles. The summed E-state index contributed by atoms with van der Waals surface area (Å²) in [6, 6.07) is 3.88. The number of aromatic nitrogens is 5. The van der Waals surface area contributed by atoms with Crippen LogP contribution in [0.15, 0.2) is 36.8 Å². The van der Waals surface area contributed by atoms with Crippen LogP contribution in [-0.4, -0.2) is 49.6 Å². The standard InChI is InChI=1S/C27H27F2N7O4/c1-4-40-16-9-19(28)18(20(29)10-16)13-36-24(15-5-6-15)14(2)23(34-36)26-31-12-22(39-3)25(33-26)32-21-7-8-30-11-17(21)27(37)35-38/h7-12,15,38H,4-6,13H2,1-3H3,(H,35,37)(H,30,31,32,33). The van der Waals surface area contributed by atoms with Crippen LogP contribution in [0.4, 0.5) is 20.3 Å². The van der Waals surface area contributed by atoms with E-state index in [0.717, 1.165) is 24.1 Å². The lowest BCUT2D eigenvalue weighted by Crippen LogP contribution is -2.20. The van der Waals surface area contributed by atoms with E-state index in [2.05, 4.69) is 20.3 Å². The van der Waals surface area contributed by atoms with Crippen LogP contribution < -0.4 is 20.3 Å². The smallest absolute Gasteiger partial charge is 0.278 e. The number of benzene rings is 1. The van der Waals surface area contributed by atoms with Gasteiger partial charge in [0.05, 0.1) is 37.7 Å². The van der Waals surface area contributed by atoms with Crippen molar-refractivity contribution in [3.63, 3.8) is 0 Å². The molecule has 1 fully saturated rings. The number of carbonyl (C=O) groups is 1. The first-order valence-corrected chi connectivity index (χ1v) is 12.6.